The molecular formula is C6H15NO. The Labute approximate surface area is 51.0 Å². The van der Waals surface area contributed by atoms with E-state index in [0.717, 1.165) is 19.3 Å². The van der Waals surface area contributed by atoms with Gasteiger partial charge in [-0.05, 0) is 12.8 Å². The van der Waals surface area contributed by atoms with Gasteiger partial charge in [-0.15, -0.1) is 0 Å². The third-order valence-electron chi connectivity index (χ3n) is 1.26. The lowest BCUT2D eigenvalue weighted by atomic mass is 10.2. The van der Waals surface area contributed by atoms with Gasteiger partial charge in [-0.2, -0.15) is 0 Å². The van der Waals surface area contributed by atoms with Crippen LogP contribution >= 0.6 is 0 Å². The van der Waals surface area contributed by atoms with Crippen molar-refractivity contribution in [3.63, 3.8) is 0 Å². The molecule has 50 valence electrons. The molecule has 0 aliphatic heterocycles. The molecule has 0 spiro atoms. The largest absolute Gasteiger partial charge is 0.301 e. The second kappa shape index (κ2) is 5.06. The van der Waals surface area contributed by atoms with Gasteiger partial charge in [0.1, 0.15) is 0 Å². The van der Waals surface area contributed by atoms with E-state index in [0.29, 0.717) is 0 Å². The average Bonchev–Trinajstić information content (AvgIpc) is 1.83. The lowest BCUT2D eigenvalue weighted by Crippen LogP contribution is -2.15. The first-order chi connectivity index (χ1) is 3.85. The fourth-order valence-electron chi connectivity index (χ4n) is 0.690. The van der Waals surface area contributed by atoms with Crippen molar-refractivity contribution in [3.05, 3.63) is 0 Å². The van der Waals surface area contributed by atoms with Crippen molar-refractivity contribution in [2.75, 3.05) is 0 Å². The topological polar surface area (TPSA) is 35.2 Å². The van der Waals surface area contributed by atoms with E-state index in [4.69, 9.17) is 5.90 Å². The molecule has 0 radical (unpaired) electrons. The Kier molecular flexibility index (Phi) is 5.01. The van der Waals surface area contributed by atoms with Crippen molar-refractivity contribution in [2.24, 2.45) is 5.90 Å². The van der Waals surface area contributed by atoms with Crippen LogP contribution in [0.2, 0.25) is 0 Å². The maximum absolute atomic E-state index is 4.97. The summed E-state index contributed by atoms with van der Waals surface area (Å²) in [6, 6.07) is 0. The second-order valence-electron chi connectivity index (χ2n) is 1.96. The maximum Gasteiger partial charge on any atom is 0.0784 e. The highest BCUT2D eigenvalue weighted by atomic mass is 16.6. The molecule has 0 aromatic heterocycles. The SMILES string of the molecule is CCC[C@H](CC)ON. The van der Waals surface area contributed by atoms with E-state index >= 15 is 0 Å². The van der Waals surface area contributed by atoms with E-state index in [1.165, 1.54) is 0 Å². The van der Waals surface area contributed by atoms with Crippen LogP contribution in [0.5, 0.6) is 0 Å². The van der Waals surface area contributed by atoms with Crippen molar-refractivity contribution >= 4 is 0 Å². The Morgan fingerprint density at radius 1 is 1.50 bits per heavy atom. The summed E-state index contributed by atoms with van der Waals surface area (Å²) in [5.74, 6) is 4.97. The molecule has 0 heterocycles. The number of rotatable bonds is 4. The van der Waals surface area contributed by atoms with E-state index < -0.39 is 0 Å². The highest BCUT2D eigenvalue weighted by Crippen LogP contribution is 2.02. The summed E-state index contributed by atoms with van der Waals surface area (Å²) in [5.41, 5.74) is 0. The van der Waals surface area contributed by atoms with Crippen molar-refractivity contribution in [1.29, 1.82) is 0 Å². The molecule has 0 saturated heterocycles. The predicted octanol–water partition coefficient (Wildman–Crippen LogP) is 1.46. The summed E-state index contributed by atoms with van der Waals surface area (Å²) < 4.78 is 0. The van der Waals surface area contributed by atoms with Crippen molar-refractivity contribution in [1.82, 2.24) is 0 Å². The fourth-order valence-corrected chi connectivity index (χ4v) is 0.690. The minimum Gasteiger partial charge on any atom is -0.301 e. The number of hydrogen-bond acceptors (Lipinski definition) is 2. The van der Waals surface area contributed by atoms with E-state index in [1.807, 2.05) is 0 Å². The van der Waals surface area contributed by atoms with E-state index in [2.05, 4.69) is 18.7 Å². The molecule has 1 atom stereocenters. The van der Waals surface area contributed by atoms with Crippen molar-refractivity contribution < 1.29 is 4.84 Å². The lowest BCUT2D eigenvalue weighted by molar-refractivity contribution is 0.0444. The molecule has 0 rings (SSSR count). The maximum atomic E-state index is 4.97. The minimum atomic E-state index is 0.278. The molecule has 0 unspecified atom stereocenters. The van der Waals surface area contributed by atoms with Crippen molar-refractivity contribution in [3.8, 4) is 0 Å². The quantitative estimate of drug-likeness (QED) is 0.566. The molecule has 2 nitrogen and oxygen atoms in total. The van der Waals surface area contributed by atoms with Gasteiger partial charge in [0.25, 0.3) is 0 Å². The first kappa shape index (κ1) is 7.92. The first-order valence-corrected chi connectivity index (χ1v) is 3.20. The Hall–Kier alpha value is -0.0800. The summed E-state index contributed by atoms with van der Waals surface area (Å²) in [4.78, 5) is 4.64. The van der Waals surface area contributed by atoms with Crippen LogP contribution < -0.4 is 5.90 Å². The highest BCUT2D eigenvalue weighted by Gasteiger charge is 2.00. The normalized spacial score (nSPS) is 13.9. The molecule has 0 saturated carbocycles. The molecule has 8 heavy (non-hydrogen) atoms. The van der Waals surface area contributed by atoms with Gasteiger partial charge in [0.15, 0.2) is 0 Å². The summed E-state index contributed by atoms with van der Waals surface area (Å²) in [6.45, 7) is 4.20. The average molecular weight is 117 g/mol. The molecule has 0 aliphatic carbocycles. The molecular weight excluding hydrogens is 102 g/mol. The van der Waals surface area contributed by atoms with Crippen molar-refractivity contribution in [2.45, 2.75) is 39.2 Å². The van der Waals surface area contributed by atoms with Gasteiger partial charge in [0, 0.05) is 0 Å². The highest BCUT2D eigenvalue weighted by molar-refractivity contribution is 4.50. The Morgan fingerprint density at radius 2 is 2.12 bits per heavy atom. The monoisotopic (exact) mass is 117 g/mol. The van der Waals surface area contributed by atoms with Gasteiger partial charge in [-0.1, -0.05) is 20.3 Å². The van der Waals surface area contributed by atoms with Crippen LogP contribution in [0.15, 0.2) is 0 Å². The van der Waals surface area contributed by atoms with Crippen LogP contribution in [0, 0.1) is 0 Å². The zero-order chi connectivity index (χ0) is 6.41. The molecule has 0 fully saturated rings. The van der Waals surface area contributed by atoms with Gasteiger partial charge in [0.05, 0.1) is 6.10 Å². The third-order valence-corrected chi connectivity index (χ3v) is 1.26. The third kappa shape index (κ3) is 2.99. The molecule has 0 aromatic carbocycles. The Balaban J connectivity index is 3.07. The summed E-state index contributed by atoms with van der Waals surface area (Å²) in [6.07, 6.45) is 3.52. The van der Waals surface area contributed by atoms with E-state index in [-0.39, 0.29) is 6.10 Å². The second-order valence-corrected chi connectivity index (χ2v) is 1.96. The molecule has 2 heteroatoms. The van der Waals surface area contributed by atoms with E-state index in [1.54, 1.807) is 0 Å². The molecule has 0 aliphatic rings. The summed E-state index contributed by atoms with van der Waals surface area (Å²) in [5, 5.41) is 0. The van der Waals surface area contributed by atoms with Gasteiger partial charge in [0.2, 0.25) is 0 Å². The number of nitrogens with two attached hydrogens (primary N) is 1. The zero-order valence-corrected chi connectivity index (χ0v) is 5.68. The molecule has 0 aromatic rings. The van der Waals surface area contributed by atoms with Crippen LogP contribution in [0.1, 0.15) is 33.1 Å². The molecule has 0 amide bonds. The summed E-state index contributed by atoms with van der Waals surface area (Å²) in [7, 11) is 0. The van der Waals surface area contributed by atoms with E-state index in [9.17, 15) is 0 Å². The van der Waals surface area contributed by atoms with Crippen LogP contribution in [-0.2, 0) is 4.84 Å². The molecule has 0 bridgehead atoms. The molecule has 2 N–H and O–H groups in total. The summed E-state index contributed by atoms with van der Waals surface area (Å²) >= 11 is 0. The Morgan fingerprint density at radius 3 is 2.25 bits per heavy atom. The van der Waals surface area contributed by atoms with Gasteiger partial charge in [-0.3, -0.25) is 0 Å². The van der Waals surface area contributed by atoms with Crippen LogP contribution in [0.3, 0.4) is 0 Å². The Bertz CT molecular complexity index is 43.8. The van der Waals surface area contributed by atoms with Gasteiger partial charge < -0.3 is 4.84 Å². The smallest absolute Gasteiger partial charge is 0.0784 e. The van der Waals surface area contributed by atoms with Gasteiger partial charge in [-0.25, -0.2) is 5.90 Å². The van der Waals surface area contributed by atoms with Crippen LogP contribution in [0.25, 0.3) is 0 Å². The fraction of sp³-hybridized carbons (Fsp3) is 1.00. The number of hydrogen-bond donors (Lipinski definition) is 1. The van der Waals surface area contributed by atoms with Crippen LogP contribution in [-0.4, -0.2) is 6.10 Å². The van der Waals surface area contributed by atoms with Gasteiger partial charge >= 0.3 is 0 Å². The zero-order valence-electron chi connectivity index (χ0n) is 5.68. The first-order valence-electron chi connectivity index (χ1n) is 3.20. The minimum absolute atomic E-state index is 0.278. The lowest BCUT2D eigenvalue weighted by Gasteiger charge is -2.08. The van der Waals surface area contributed by atoms with Crippen LogP contribution in [0.4, 0.5) is 0 Å². The standard InChI is InChI=1S/C6H15NO/c1-3-5-6(4-2)8-7/h6H,3-5,7H2,1-2H3/t6-/m0/s1. The predicted molar refractivity (Wildman–Crippen MR) is 34.3 cm³/mol.